The first-order valence-electron chi connectivity index (χ1n) is 4.84. The minimum atomic E-state index is 1.13. The number of rotatable bonds is 2. The van der Waals surface area contributed by atoms with Crippen molar-refractivity contribution in [3.05, 3.63) is 57.7 Å². The van der Waals surface area contributed by atoms with E-state index < -0.39 is 0 Å². The molecule has 0 bridgehead atoms. The van der Waals surface area contributed by atoms with E-state index in [1.54, 1.807) is 0 Å². The fourth-order valence-electron chi connectivity index (χ4n) is 1.42. The first-order valence-corrected chi connectivity index (χ1v) is 5.92. The van der Waals surface area contributed by atoms with Gasteiger partial charge in [0.05, 0.1) is 0 Å². The quantitative estimate of drug-likeness (QED) is 0.814. The van der Waals surface area contributed by atoms with Gasteiger partial charge in [-0.2, -0.15) is 0 Å². The molecular weight excluding hydrogens is 297 g/mol. The lowest BCUT2D eigenvalue weighted by atomic mass is 10.2. The Morgan fingerprint density at radius 2 is 1.67 bits per heavy atom. The summed E-state index contributed by atoms with van der Waals surface area (Å²) in [6.07, 6.45) is 0. The van der Waals surface area contributed by atoms with Crippen LogP contribution in [0.25, 0.3) is 0 Å². The number of para-hydroxylation sites is 1. The Balaban J connectivity index is 2.29. The average molecular weight is 309 g/mol. The first-order chi connectivity index (χ1) is 7.27. The average Bonchev–Trinajstić information content (AvgIpc) is 2.26. The first kappa shape index (κ1) is 10.5. The summed E-state index contributed by atoms with van der Waals surface area (Å²) in [4.78, 5) is 0. The second kappa shape index (κ2) is 4.66. The van der Waals surface area contributed by atoms with Crippen LogP contribution in [0.5, 0.6) is 0 Å². The van der Waals surface area contributed by atoms with Crippen LogP contribution in [0.1, 0.15) is 5.56 Å². The second-order valence-corrected chi connectivity index (χ2v) is 4.57. The highest BCUT2D eigenvalue weighted by Gasteiger charge is 2.00. The smallest absolute Gasteiger partial charge is 0.0424 e. The molecule has 15 heavy (non-hydrogen) atoms. The van der Waals surface area contributed by atoms with E-state index >= 15 is 0 Å². The summed E-state index contributed by atoms with van der Waals surface area (Å²) in [5.74, 6) is 0. The number of nitrogens with one attached hydrogen (secondary N) is 1. The fraction of sp³-hybridized carbons (Fsp3) is 0.0769. The van der Waals surface area contributed by atoms with Crippen LogP contribution in [-0.2, 0) is 0 Å². The van der Waals surface area contributed by atoms with E-state index in [1.165, 1.54) is 14.8 Å². The van der Waals surface area contributed by atoms with Crippen LogP contribution in [0.2, 0.25) is 0 Å². The topological polar surface area (TPSA) is 12.0 Å². The van der Waals surface area contributed by atoms with Crippen molar-refractivity contribution >= 4 is 34.0 Å². The van der Waals surface area contributed by atoms with Gasteiger partial charge in [0.1, 0.15) is 0 Å². The van der Waals surface area contributed by atoms with Gasteiger partial charge in [0.2, 0.25) is 0 Å². The zero-order valence-electron chi connectivity index (χ0n) is 8.50. The summed E-state index contributed by atoms with van der Waals surface area (Å²) in [6, 6.07) is 16.5. The largest absolute Gasteiger partial charge is 0.355 e. The Bertz CT molecular complexity index is 451. The maximum atomic E-state index is 3.41. The molecular formula is C13H12IN. The van der Waals surface area contributed by atoms with E-state index in [1.807, 2.05) is 18.2 Å². The minimum Gasteiger partial charge on any atom is -0.355 e. The molecule has 0 aliphatic carbocycles. The molecule has 0 amide bonds. The Morgan fingerprint density at radius 3 is 2.40 bits per heavy atom. The third-order valence-corrected chi connectivity index (χ3v) is 3.49. The highest BCUT2D eigenvalue weighted by atomic mass is 127. The van der Waals surface area contributed by atoms with Crippen molar-refractivity contribution in [3.8, 4) is 0 Å². The third kappa shape index (κ3) is 2.50. The summed E-state index contributed by atoms with van der Waals surface area (Å²) in [7, 11) is 0. The Morgan fingerprint density at radius 1 is 0.933 bits per heavy atom. The maximum Gasteiger partial charge on any atom is 0.0424 e. The van der Waals surface area contributed by atoms with Crippen LogP contribution >= 0.6 is 22.6 Å². The zero-order chi connectivity index (χ0) is 10.7. The second-order valence-electron chi connectivity index (χ2n) is 3.40. The molecule has 0 aliphatic rings. The lowest BCUT2D eigenvalue weighted by molar-refractivity contribution is 1.40. The predicted molar refractivity (Wildman–Crippen MR) is 73.6 cm³/mol. The molecule has 76 valence electrons. The van der Waals surface area contributed by atoms with Gasteiger partial charge in [-0.1, -0.05) is 24.3 Å². The SMILES string of the molecule is Cc1c(I)cccc1Nc1ccccc1. The lowest BCUT2D eigenvalue weighted by Crippen LogP contribution is -1.93. The van der Waals surface area contributed by atoms with E-state index in [2.05, 4.69) is 65.2 Å². The normalized spacial score (nSPS) is 10.0. The lowest BCUT2D eigenvalue weighted by Gasteiger charge is -2.10. The molecule has 0 aromatic heterocycles. The summed E-state index contributed by atoms with van der Waals surface area (Å²) in [6.45, 7) is 2.13. The Labute approximate surface area is 104 Å². The molecule has 2 heteroatoms. The highest BCUT2D eigenvalue weighted by Crippen LogP contribution is 2.23. The molecule has 1 N–H and O–H groups in total. The van der Waals surface area contributed by atoms with Gasteiger partial charge in [-0.05, 0) is 59.3 Å². The van der Waals surface area contributed by atoms with Crippen LogP contribution < -0.4 is 5.32 Å². The Kier molecular flexibility index (Phi) is 3.26. The van der Waals surface area contributed by atoms with Gasteiger partial charge >= 0.3 is 0 Å². The summed E-state index contributed by atoms with van der Waals surface area (Å²) >= 11 is 2.35. The van der Waals surface area contributed by atoms with Gasteiger partial charge < -0.3 is 5.32 Å². The fourth-order valence-corrected chi connectivity index (χ4v) is 1.92. The summed E-state index contributed by atoms with van der Waals surface area (Å²) in [5, 5.41) is 3.41. The van der Waals surface area contributed by atoms with Crippen LogP contribution in [0.4, 0.5) is 11.4 Å². The predicted octanol–water partition coefficient (Wildman–Crippen LogP) is 4.34. The van der Waals surface area contributed by atoms with Crippen molar-refractivity contribution in [2.45, 2.75) is 6.92 Å². The molecule has 0 heterocycles. The Hall–Kier alpha value is -1.03. The van der Waals surface area contributed by atoms with Crippen molar-refractivity contribution < 1.29 is 0 Å². The van der Waals surface area contributed by atoms with Crippen molar-refractivity contribution in [1.82, 2.24) is 0 Å². The van der Waals surface area contributed by atoms with Gasteiger partial charge in [-0.15, -0.1) is 0 Å². The van der Waals surface area contributed by atoms with Crippen LogP contribution in [0.3, 0.4) is 0 Å². The van der Waals surface area contributed by atoms with Crippen molar-refractivity contribution in [3.63, 3.8) is 0 Å². The molecule has 0 radical (unpaired) electrons. The number of hydrogen-bond acceptors (Lipinski definition) is 1. The van der Waals surface area contributed by atoms with E-state index in [0.29, 0.717) is 0 Å². The van der Waals surface area contributed by atoms with Gasteiger partial charge in [-0.3, -0.25) is 0 Å². The maximum absolute atomic E-state index is 3.41. The molecule has 1 nitrogen and oxygen atoms in total. The molecule has 0 atom stereocenters. The molecule has 0 saturated carbocycles. The molecule has 0 spiro atoms. The molecule has 0 unspecified atom stereocenters. The molecule has 2 aromatic rings. The van der Waals surface area contributed by atoms with Crippen LogP contribution in [-0.4, -0.2) is 0 Å². The van der Waals surface area contributed by atoms with E-state index in [4.69, 9.17) is 0 Å². The van der Waals surface area contributed by atoms with Gasteiger partial charge in [0.25, 0.3) is 0 Å². The van der Waals surface area contributed by atoms with Gasteiger partial charge in [-0.25, -0.2) is 0 Å². The van der Waals surface area contributed by atoms with Crippen molar-refractivity contribution in [2.75, 3.05) is 5.32 Å². The molecule has 0 saturated heterocycles. The monoisotopic (exact) mass is 309 g/mol. The van der Waals surface area contributed by atoms with E-state index in [9.17, 15) is 0 Å². The van der Waals surface area contributed by atoms with Crippen molar-refractivity contribution in [2.24, 2.45) is 0 Å². The van der Waals surface area contributed by atoms with Gasteiger partial charge in [0.15, 0.2) is 0 Å². The van der Waals surface area contributed by atoms with E-state index in [0.717, 1.165) is 5.69 Å². The van der Waals surface area contributed by atoms with Gasteiger partial charge in [0, 0.05) is 14.9 Å². The van der Waals surface area contributed by atoms with E-state index in [-0.39, 0.29) is 0 Å². The number of halogens is 1. The highest BCUT2D eigenvalue weighted by molar-refractivity contribution is 14.1. The van der Waals surface area contributed by atoms with Crippen LogP contribution in [0.15, 0.2) is 48.5 Å². The van der Waals surface area contributed by atoms with Crippen molar-refractivity contribution in [1.29, 1.82) is 0 Å². The standard InChI is InChI=1S/C13H12IN/c1-10-12(14)8-5-9-13(10)15-11-6-3-2-4-7-11/h2-9,15H,1H3. The number of hydrogen-bond donors (Lipinski definition) is 1. The molecule has 0 aliphatic heterocycles. The number of anilines is 2. The molecule has 0 fully saturated rings. The molecule has 2 aromatic carbocycles. The molecule has 2 rings (SSSR count). The summed E-state index contributed by atoms with van der Waals surface area (Å²) < 4.78 is 1.29. The summed E-state index contributed by atoms with van der Waals surface area (Å²) in [5.41, 5.74) is 3.60. The minimum absolute atomic E-state index is 1.13. The van der Waals surface area contributed by atoms with Crippen LogP contribution in [0, 0.1) is 10.5 Å². The third-order valence-electron chi connectivity index (χ3n) is 2.32. The number of benzene rings is 2. The zero-order valence-corrected chi connectivity index (χ0v) is 10.7.